The summed E-state index contributed by atoms with van der Waals surface area (Å²) in [6, 6.07) is 13.3. The van der Waals surface area contributed by atoms with Crippen molar-refractivity contribution in [3.63, 3.8) is 0 Å². The number of para-hydroxylation sites is 1. The van der Waals surface area contributed by atoms with Crippen molar-refractivity contribution in [2.24, 2.45) is 0 Å². The number of hydrogen-bond acceptors (Lipinski definition) is 3. The molecule has 2 aromatic carbocycles. The summed E-state index contributed by atoms with van der Waals surface area (Å²) in [5, 5.41) is 2.76. The van der Waals surface area contributed by atoms with Crippen LogP contribution in [0, 0.1) is 5.82 Å². The van der Waals surface area contributed by atoms with Crippen molar-refractivity contribution in [3.05, 3.63) is 72.2 Å². The Labute approximate surface area is 135 Å². The summed E-state index contributed by atoms with van der Waals surface area (Å²) in [6.07, 6.45) is 4.90. The van der Waals surface area contributed by atoms with Crippen LogP contribution in [0.2, 0.25) is 0 Å². The minimum absolute atomic E-state index is 0.158. The van der Waals surface area contributed by atoms with Gasteiger partial charge in [0.25, 0.3) is 0 Å². The maximum absolute atomic E-state index is 13.4. The maximum atomic E-state index is 13.4. The van der Waals surface area contributed by atoms with E-state index in [1.165, 1.54) is 18.3 Å². The number of allylic oxidation sites excluding steroid dienone is 1. The number of nitrogens with one attached hydrogen (secondary N) is 1. The number of benzene rings is 2. The zero-order chi connectivity index (χ0) is 16.5. The Morgan fingerprint density at radius 2 is 1.91 bits per heavy atom. The fourth-order valence-electron chi connectivity index (χ4n) is 1.93. The van der Waals surface area contributed by atoms with E-state index in [1.54, 1.807) is 42.5 Å². The Morgan fingerprint density at radius 3 is 2.61 bits per heavy atom. The molecule has 0 heterocycles. The molecule has 0 saturated carbocycles. The van der Waals surface area contributed by atoms with Gasteiger partial charge in [0.05, 0.1) is 12.3 Å². The highest BCUT2D eigenvalue weighted by Gasteiger charge is 2.03. The molecule has 0 spiro atoms. The number of ketones is 1. The monoisotopic (exact) mass is 313 g/mol. The fourth-order valence-corrected chi connectivity index (χ4v) is 1.93. The summed E-state index contributed by atoms with van der Waals surface area (Å²) < 4.78 is 19.0. The number of ether oxygens (including phenoxy) is 1. The van der Waals surface area contributed by atoms with E-state index in [2.05, 4.69) is 12.2 Å². The molecule has 4 heteroatoms. The summed E-state index contributed by atoms with van der Waals surface area (Å²) in [5.41, 5.74) is 0.885. The molecule has 0 amide bonds. The second kappa shape index (κ2) is 8.73. The molecule has 1 N–H and O–H groups in total. The van der Waals surface area contributed by atoms with Crippen molar-refractivity contribution in [2.45, 2.75) is 19.8 Å². The van der Waals surface area contributed by atoms with Gasteiger partial charge in [-0.1, -0.05) is 25.5 Å². The topological polar surface area (TPSA) is 38.3 Å². The Hall–Kier alpha value is -2.62. The van der Waals surface area contributed by atoms with Gasteiger partial charge in [0, 0.05) is 17.8 Å². The lowest BCUT2D eigenvalue weighted by Gasteiger charge is -2.05. The minimum Gasteiger partial charge on any atom is -0.494 e. The highest BCUT2D eigenvalue weighted by Crippen LogP contribution is 2.14. The van der Waals surface area contributed by atoms with E-state index in [9.17, 15) is 9.18 Å². The van der Waals surface area contributed by atoms with E-state index in [0.29, 0.717) is 17.9 Å². The SMILES string of the molecule is CCCCOc1ccc(C(=O)/C=C/Nc2ccccc2F)cc1. The van der Waals surface area contributed by atoms with Crippen LogP contribution in [0.25, 0.3) is 0 Å². The molecule has 2 aromatic rings. The van der Waals surface area contributed by atoms with E-state index in [-0.39, 0.29) is 11.6 Å². The number of carbonyl (C=O) groups excluding carboxylic acids is 1. The van der Waals surface area contributed by atoms with Gasteiger partial charge in [-0.2, -0.15) is 0 Å². The third-order valence-corrected chi connectivity index (χ3v) is 3.25. The lowest BCUT2D eigenvalue weighted by Crippen LogP contribution is -1.99. The van der Waals surface area contributed by atoms with Crippen molar-refractivity contribution >= 4 is 11.5 Å². The molecule has 120 valence electrons. The number of anilines is 1. The first-order chi connectivity index (χ1) is 11.2. The molecular formula is C19H20FNO2. The number of carbonyl (C=O) groups is 1. The molecule has 0 atom stereocenters. The highest BCUT2D eigenvalue weighted by atomic mass is 19.1. The van der Waals surface area contributed by atoms with Crippen LogP contribution in [0.15, 0.2) is 60.8 Å². The van der Waals surface area contributed by atoms with Crippen LogP contribution in [-0.2, 0) is 0 Å². The first kappa shape index (κ1) is 16.7. The number of rotatable bonds is 8. The number of halogens is 1. The molecule has 23 heavy (non-hydrogen) atoms. The quantitative estimate of drug-likeness (QED) is 0.431. The van der Waals surface area contributed by atoms with Crippen molar-refractivity contribution in [1.82, 2.24) is 0 Å². The summed E-state index contributed by atoms with van der Waals surface area (Å²) in [6.45, 7) is 2.78. The average Bonchev–Trinajstić information content (AvgIpc) is 2.57. The summed E-state index contributed by atoms with van der Waals surface area (Å²) in [7, 11) is 0. The van der Waals surface area contributed by atoms with Crippen LogP contribution in [0.1, 0.15) is 30.1 Å². The van der Waals surface area contributed by atoms with Crippen LogP contribution in [0.4, 0.5) is 10.1 Å². The van der Waals surface area contributed by atoms with Gasteiger partial charge in [0.15, 0.2) is 5.78 Å². The standard InChI is InChI=1S/C19H20FNO2/c1-2-3-14-23-16-10-8-15(9-11-16)19(22)12-13-21-18-7-5-4-6-17(18)20/h4-13,21H,2-3,14H2,1H3/b13-12+. The second-order valence-electron chi connectivity index (χ2n) is 5.05. The molecule has 0 aromatic heterocycles. The number of unbranched alkanes of at least 4 members (excludes halogenated alkanes) is 1. The second-order valence-corrected chi connectivity index (χ2v) is 5.05. The van der Waals surface area contributed by atoms with E-state index >= 15 is 0 Å². The molecule has 0 fully saturated rings. The van der Waals surface area contributed by atoms with Crippen molar-refractivity contribution in [3.8, 4) is 5.75 Å². The van der Waals surface area contributed by atoms with Crippen LogP contribution in [0.3, 0.4) is 0 Å². The molecular weight excluding hydrogens is 293 g/mol. The van der Waals surface area contributed by atoms with Gasteiger partial charge in [0.1, 0.15) is 11.6 Å². The molecule has 3 nitrogen and oxygen atoms in total. The average molecular weight is 313 g/mol. The van der Waals surface area contributed by atoms with Crippen LogP contribution in [0.5, 0.6) is 5.75 Å². The van der Waals surface area contributed by atoms with Crippen molar-refractivity contribution in [2.75, 3.05) is 11.9 Å². The van der Waals surface area contributed by atoms with Gasteiger partial charge < -0.3 is 10.1 Å². The van der Waals surface area contributed by atoms with Crippen molar-refractivity contribution in [1.29, 1.82) is 0 Å². The molecule has 0 bridgehead atoms. The molecule has 0 aliphatic carbocycles. The first-order valence-electron chi connectivity index (χ1n) is 7.65. The minimum atomic E-state index is -0.363. The summed E-state index contributed by atoms with van der Waals surface area (Å²) in [4.78, 5) is 12.0. The Bertz CT molecular complexity index is 665. The van der Waals surface area contributed by atoms with Gasteiger partial charge in [-0.15, -0.1) is 0 Å². The zero-order valence-electron chi connectivity index (χ0n) is 13.1. The third-order valence-electron chi connectivity index (χ3n) is 3.25. The van der Waals surface area contributed by atoms with Crippen LogP contribution >= 0.6 is 0 Å². The van der Waals surface area contributed by atoms with Crippen molar-refractivity contribution < 1.29 is 13.9 Å². The molecule has 0 radical (unpaired) electrons. The maximum Gasteiger partial charge on any atom is 0.187 e. The Balaban J connectivity index is 1.90. The van der Waals surface area contributed by atoms with Gasteiger partial charge in [-0.3, -0.25) is 4.79 Å². The zero-order valence-corrected chi connectivity index (χ0v) is 13.1. The third kappa shape index (κ3) is 5.25. The normalized spacial score (nSPS) is 10.7. The predicted octanol–water partition coefficient (Wildman–Crippen LogP) is 4.81. The molecule has 2 rings (SSSR count). The lowest BCUT2D eigenvalue weighted by atomic mass is 10.1. The molecule has 0 unspecified atom stereocenters. The van der Waals surface area contributed by atoms with Gasteiger partial charge >= 0.3 is 0 Å². The van der Waals surface area contributed by atoms with E-state index in [4.69, 9.17) is 4.74 Å². The fraction of sp³-hybridized carbons (Fsp3) is 0.211. The summed E-state index contributed by atoms with van der Waals surface area (Å²) in [5.74, 6) is 0.232. The van der Waals surface area contributed by atoms with E-state index in [1.807, 2.05) is 0 Å². The molecule has 0 saturated heterocycles. The molecule has 0 aliphatic rings. The Kier molecular flexibility index (Phi) is 6.36. The van der Waals surface area contributed by atoms with Gasteiger partial charge in [0.2, 0.25) is 0 Å². The highest BCUT2D eigenvalue weighted by molar-refractivity contribution is 6.04. The number of hydrogen-bond donors (Lipinski definition) is 1. The Morgan fingerprint density at radius 1 is 1.17 bits per heavy atom. The van der Waals surface area contributed by atoms with E-state index < -0.39 is 0 Å². The largest absolute Gasteiger partial charge is 0.494 e. The molecule has 0 aliphatic heterocycles. The van der Waals surface area contributed by atoms with Crippen LogP contribution < -0.4 is 10.1 Å². The summed E-state index contributed by atoms with van der Waals surface area (Å²) >= 11 is 0. The van der Waals surface area contributed by atoms with Crippen LogP contribution in [-0.4, -0.2) is 12.4 Å². The predicted molar refractivity (Wildman–Crippen MR) is 90.3 cm³/mol. The first-order valence-corrected chi connectivity index (χ1v) is 7.65. The van der Waals surface area contributed by atoms with E-state index in [0.717, 1.165) is 18.6 Å². The smallest absolute Gasteiger partial charge is 0.187 e. The van der Waals surface area contributed by atoms with Gasteiger partial charge in [-0.05, 0) is 42.8 Å². The lowest BCUT2D eigenvalue weighted by molar-refractivity contribution is 0.104. The van der Waals surface area contributed by atoms with Gasteiger partial charge in [-0.25, -0.2) is 4.39 Å².